The first kappa shape index (κ1) is 11.2. The molecular weight excluding hydrogens is 204 g/mol. The van der Waals surface area contributed by atoms with Gasteiger partial charge in [0.15, 0.2) is 5.76 Å². The first-order valence-electron chi connectivity index (χ1n) is 5.75. The van der Waals surface area contributed by atoms with Crippen LogP contribution >= 0.6 is 0 Å². The van der Waals surface area contributed by atoms with Crippen molar-refractivity contribution in [3.63, 3.8) is 0 Å². The fourth-order valence-electron chi connectivity index (χ4n) is 2.06. The molecule has 0 radical (unpaired) electrons. The Kier molecular flexibility index (Phi) is 3.29. The zero-order valence-electron chi connectivity index (χ0n) is 9.75. The maximum atomic E-state index is 11.8. The molecule has 1 saturated heterocycles. The van der Waals surface area contributed by atoms with Crippen molar-refractivity contribution < 1.29 is 9.21 Å². The lowest BCUT2D eigenvalue weighted by Crippen LogP contribution is -2.38. The minimum absolute atomic E-state index is 0.118. The van der Waals surface area contributed by atoms with Crippen LogP contribution in [0.15, 0.2) is 16.5 Å². The first-order valence-corrected chi connectivity index (χ1v) is 5.75. The molecule has 0 aromatic carbocycles. The summed E-state index contributed by atoms with van der Waals surface area (Å²) in [6, 6.07) is 3.70. The van der Waals surface area contributed by atoms with Crippen molar-refractivity contribution in [1.82, 2.24) is 10.6 Å². The molecule has 4 nitrogen and oxygen atoms in total. The van der Waals surface area contributed by atoms with Gasteiger partial charge in [-0.05, 0) is 51.4 Å². The van der Waals surface area contributed by atoms with Crippen LogP contribution < -0.4 is 10.6 Å². The van der Waals surface area contributed by atoms with Gasteiger partial charge in [0.2, 0.25) is 0 Å². The Balaban J connectivity index is 1.91. The SMILES string of the molecule is Cc1ccc(C(=O)NC(C)C2CCNC2)o1. The molecule has 2 unspecified atom stereocenters. The van der Waals surface area contributed by atoms with Gasteiger partial charge in [0.05, 0.1) is 0 Å². The van der Waals surface area contributed by atoms with Gasteiger partial charge in [0, 0.05) is 6.04 Å². The smallest absolute Gasteiger partial charge is 0.287 e. The molecule has 1 aromatic rings. The number of rotatable bonds is 3. The van der Waals surface area contributed by atoms with Crippen LogP contribution in [0.5, 0.6) is 0 Å². The van der Waals surface area contributed by atoms with Crippen molar-refractivity contribution in [3.8, 4) is 0 Å². The number of hydrogen-bond donors (Lipinski definition) is 2. The van der Waals surface area contributed by atoms with Gasteiger partial charge in [0.25, 0.3) is 5.91 Å². The molecule has 1 aliphatic heterocycles. The van der Waals surface area contributed by atoms with Gasteiger partial charge in [0.1, 0.15) is 5.76 Å². The van der Waals surface area contributed by atoms with E-state index in [-0.39, 0.29) is 11.9 Å². The molecule has 1 aromatic heterocycles. The Hall–Kier alpha value is -1.29. The highest BCUT2D eigenvalue weighted by Crippen LogP contribution is 2.13. The van der Waals surface area contributed by atoms with E-state index >= 15 is 0 Å². The maximum Gasteiger partial charge on any atom is 0.287 e. The lowest BCUT2D eigenvalue weighted by molar-refractivity contribution is 0.0899. The molecule has 4 heteroatoms. The predicted octanol–water partition coefficient (Wildman–Crippen LogP) is 1.32. The van der Waals surface area contributed by atoms with E-state index < -0.39 is 0 Å². The summed E-state index contributed by atoms with van der Waals surface area (Å²) < 4.78 is 5.28. The van der Waals surface area contributed by atoms with E-state index in [0.29, 0.717) is 11.7 Å². The maximum absolute atomic E-state index is 11.8. The Morgan fingerprint density at radius 3 is 3.00 bits per heavy atom. The van der Waals surface area contributed by atoms with Gasteiger partial charge < -0.3 is 15.1 Å². The summed E-state index contributed by atoms with van der Waals surface area (Å²) in [5, 5.41) is 6.27. The van der Waals surface area contributed by atoms with Crippen molar-refractivity contribution in [3.05, 3.63) is 23.7 Å². The zero-order valence-corrected chi connectivity index (χ0v) is 9.75. The van der Waals surface area contributed by atoms with E-state index in [0.717, 1.165) is 25.3 Å². The fraction of sp³-hybridized carbons (Fsp3) is 0.583. The molecule has 0 bridgehead atoms. The van der Waals surface area contributed by atoms with Gasteiger partial charge >= 0.3 is 0 Å². The molecule has 2 N–H and O–H groups in total. The van der Waals surface area contributed by atoms with Crippen molar-refractivity contribution in [2.45, 2.75) is 26.3 Å². The third-order valence-electron chi connectivity index (χ3n) is 3.13. The van der Waals surface area contributed by atoms with Gasteiger partial charge in [-0.15, -0.1) is 0 Å². The second-order valence-corrected chi connectivity index (χ2v) is 4.43. The Morgan fingerprint density at radius 2 is 2.44 bits per heavy atom. The lowest BCUT2D eigenvalue weighted by atomic mass is 10.0. The summed E-state index contributed by atoms with van der Waals surface area (Å²) in [7, 11) is 0. The second-order valence-electron chi connectivity index (χ2n) is 4.43. The molecule has 1 amide bonds. The number of carbonyl (C=O) groups excluding carboxylic acids is 1. The highest BCUT2D eigenvalue weighted by Gasteiger charge is 2.23. The number of amides is 1. The molecule has 2 atom stereocenters. The summed E-state index contributed by atoms with van der Waals surface area (Å²) in [4.78, 5) is 11.8. The van der Waals surface area contributed by atoms with Crippen LogP contribution in [0.25, 0.3) is 0 Å². The first-order chi connectivity index (χ1) is 7.66. The number of carbonyl (C=O) groups is 1. The molecule has 1 fully saturated rings. The third kappa shape index (κ3) is 2.44. The van der Waals surface area contributed by atoms with Crippen molar-refractivity contribution >= 4 is 5.91 Å². The third-order valence-corrected chi connectivity index (χ3v) is 3.13. The molecule has 88 valence electrons. The molecule has 16 heavy (non-hydrogen) atoms. The summed E-state index contributed by atoms with van der Waals surface area (Å²) in [6.45, 7) is 5.91. The molecule has 2 heterocycles. The Labute approximate surface area is 95.4 Å². The average Bonchev–Trinajstić information content (AvgIpc) is 2.87. The zero-order chi connectivity index (χ0) is 11.5. The standard InChI is InChI=1S/C12H18N2O2/c1-8-3-4-11(16-8)12(15)14-9(2)10-5-6-13-7-10/h3-4,9-10,13H,5-7H2,1-2H3,(H,14,15). The normalized spacial score (nSPS) is 22.0. The van der Waals surface area contributed by atoms with Crippen LogP contribution in [-0.4, -0.2) is 25.0 Å². The summed E-state index contributed by atoms with van der Waals surface area (Å²) in [6.07, 6.45) is 1.12. The van der Waals surface area contributed by atoms with Gasteiger partial charge in [-0.25, -0.2) is 0 Å². The number of nitrogens with one attached hydrogen (secondary N) is 2. The minimum atomic E-state index is -0.118. The topological polar surface area (TPSA) is 54.3 Å². The van der Waals surface area contributed by atoms with Crippen molar-refractivity contribution in [2.24, 2.45) is 5.92 Å². The van der Waals surface area contributed by atoms with Gasteiger partial charge in [-0.3, -0.25) is 4.79 Å². The van der Waals surface area contributed by atoms with Gasteiger partial charge in [-0.2, -0.15) is 0 Å². The largest absolute Gasteiger partial charge is 0.456 e. The average molecular weight is 222 g/mol. The predicted molar refractivity (Wildman–Crippen MR) is 61.3 cm³/mol. The molecule has 0 saturated carbocycles. The summed E-state index contributed by atoms with van der Waals surface area (Å²) in [5.41, 5.74) is 0. The summed E-state index contributed by atoms with van der Waals surface area (Å²) in [5.74, 6) is 1.57. The van der Waals surface area contributed by atoms with E-state index in [2.05, 4.69) is 10.6 Å². The van der Waals surface area contributed by atoms with Crippen LogP contribution in [0.3, 0.4) is 0 Å². The van der Waals surface area contributed by atoms with Crippen LogP contribution in [0.4, 0.5) is 0 Å². The molecule has 0 spiro atoms. The van der Waals surface area contributed by atoms with Crippen molar-refractivity contribution in [1.29, 1.82) is 0 Å². The minimum Gasteiger partial charge on any atom is -0.456 e. The van der Waals surface area contributed by atoms with E-state index in [1.807, 2.05) is 13.8 Å². The van der Waals surface area contributed by atoms with Gasteiger partial charge in [-0.1, -0.05) is 0 Å². The molecule has 2 rings (SSSR count). The number of furan rings is 1. The van der Waals surface area contributed by atoms with E-state index in [1.54, 1.807) is 12.1 Å². The lowest BCUT2D eigenvalue weighted by Gasteiger charge is -2.18. The van der Waals surface area contributed by atoms with Crippen molar-refractivity contribution in [2.75, 3.05) is 13.1 Å². The highest BCUT2D eigenvalue weighted by molar-refractivity contribution is 5.91. The quantitative estimate of drug-likeness (QED) is 0.811. The van der Waals surface area contributed by atoms with Crippen LogP contribution in [0, 0.1) is 12.8 Å². The van der Waals surface area contributed by atoms with E-state index in [9.17, 15) is 4.79 Å². The Bertz CT molecular complexity index is 367. The highest BCUT2D eigenvalue weighted by atomic mass is 16.3. The monoisotopic (exact) mass is 222 g/mol. The molecule has 0 aliphatic carbocycles. The van der Waals surface area contributed by atoms with Crippen LogP contribution in [-0.2, 0) is 0 Å². The van der Waals surface area contributed by atoms with E-state index in [1.165, 1.54) is 0 Å². The number of hydrogen-bond acceptors (Lipinski definition) is 3. The molecule has 1 aliphatic rings. The fourth-order valence-corrected chi connectivity index (χ4v) is 2.06. The number of aryl methyl sites for hydroxylation is 1. The van der Waals surface area contributed by atoms with Crippen LogP contribution in [0.1, 0.15) is 29.7 Å². The second kappa shape index (κ2) is 4.70. The van der Waals surface area contributed by atoms with Crippen LogP contribution in [0.2, 0.25) is 0 Å². The van der Waals surface area contributed by atoms with E-state index in [4.69, 9.17) is 4.42 Å². The Morgan fingerprint density at radius 1 is 1.62 bits per heavy atom. The molecular formula is C12H18N2O2. The summed E-state index contributed by atoms with van der Waals surface area (Å²) >= 11 is 0.